The summed E-state index contributed by atoms with van der Waals surface area (Å²) in [6, 6.07) is 3.67. The standard InChI is InChI=1S/C17H25BN4O4/c1-17(2,3)25-16(23)22-14(26-18-24)11-12-13(5-6-19-15(12)22)21-9-7-20(4)8-10-21/h5-6,11,18,24H,7-10H2,1-4H3. The maximum absolute atomic E-state index is 12.7. The Morgan fingerprint density at radius 1 is 1.27 bits per heavy atom. The molecule has 0 bridgehead atoms. The van der Waals surface area contributed by atoms with Crippen LogP contribution in [0.15, 0.2) is 18.3 Å². The van der Waals surface area contributed by atoms with Crippen LogP contribution < -0.4 is 9.55 Å². The third kappa shape index (κ3) is 3.78. The van der Waals surface area contributed by atoms with Crippen LogP contribution in [0, 0.1) is 0 Å². The van der Waals surface area contributed by atoms with Crippen molar-refractivity contribution in [1.29, 1.82) is 0 Å². The Labute approximate surface area is 153 Å². The first kappa shape index (κ1) is 18.5. The van der Waals surface area contributed by atoms with Gasteiger partial charge in [0.05, 0.1) is 0 Å². The molecule has 3 heterocycles. The number of hydrogen-bond acceptors (Lipinski definition) is 7. The minimum atomic E-state index is -0.654. The molecular formula is C17H25BN4O4. The van der Waals surface area contributed by atoms with Crippen molar-refractivity contribution < 1.29 is 19.2 Å². The number of carbonyl (C=O) groups excluding carboxylic acids is 1. The van der Waals surface area contributed by atoms with Crippen LogP contribution in [0.1, 0.15) is 20.8 Å². The maximum atomic E-state index is 12.7. The van der Waals surface area contributed by atoms with E-state index in [0.29, 0.717) is 5.65 Å². The van der Waals surface area contributed by atoms with Gasteiger partial charge in [0.1, 0.15) is 5.60 Å². The van der Waals surface area contributed by atoms with E-state index in [1.165, 1.54) is 4.57 Å². The second-order valence-corrected chi connectivity index (χ2v) is 7.43. The highest BCUT2D eigenvalue weighted by atomic mass is 16.6. The molecule has 3 rings (SSSR count). The topological polar surface area (TPSA) is 80.1 Å². The van der Waals surface area contributed by atoms with Crippen LogP contribution in [-0.4, -0.2) is 72.1 Å². The predicted molar refractivity (Wildman–Crippen MR) is 101 cm³/mol. The van der Waals surface area contributed by atoms with E-state index in [4.69, 9.17) is 9.39 Å². The number of pyridine rings is 1. The SMILES string of the molecule is CN1CCN(c2ccnc3c2cc(OBO)n3C(=O)OC(C)(C)C)CC1. The Kier molecular flexibility index (Phi) is 5.11. The molecule has 0 radical (unpaired) electrons. The number of hydrogen-bond donors (Lipinski definition) is 1. The zero-order valence-corrected chi connectivity index (χ0v) is 15.7. The van der Waals surface area contributed by atoms with Crippen LogP contribution in [0.3, 0.4) is 0 Å². The predicted octanol–water partition coefficient (Wildman–Crippen LogP) is 1.21. The number of anilines is 1. The molecule has 1 saturated heterocycles. The van der Waals surface area contributed by atoms with Crippen molar-refractivity contribution in [3.05, 3.63) is 18.3 Å². The largest absolute Gasteiger partial charge is 0.526 e. The molecule has 1 N–H and O–H groups in total. The summed E-state index contributed by atoms with van der Waals surface area (Å²) in [7, 11) is 1.56. The fraction of sp³-hybridized carbons (Fsp3) is 0.529. The van der Waals surface area contributed by atoms with Crippen molar-refractivity contribution in [3.63, 3.8) is 0 Å². The van der Waals surface area contributed by atoms with Gasteiger partial charge in [0.2, 0.25) is 0 Å². The molecule has 0 spiro atoms. The lowest BCUT2D eigenvalue weighted by molar-refractivity contribution is 0.0536. The van der Waals surface area contributed by atoms with Crippen LogP contribution in [0.25, 0.3) is 11.0 Å². The number of likely N-dealkylation sites (N-methyl/N-ethyl adjacent to an activating group) is 1. The van der Waals surface area contributed by atoms with Crippen molar-refractivity contribution in [2.24, 2.45) is 0 Å². The summed E-state index contributed by atoms with van der Waals surface area (Å²) in [4.78, 5) is 21.6. The minimum absolute atomic E-state index is 0.214. The average Bonchev–Trinajstić information content (AvgIpc) is 2.92. The second kappa shape index (κ2) is 7.16. The van der Waals surface area contributed by atoms with Crippen molar-refractivity contribution >= 4 is 30.5 Å². The van der Waals surface area contributed by atoms with Crippen LogP contribution in [0.4, 0.5) is 10.5 Å². The second-order valence-electron chi connectivity index (χ2n) is 7.43. The van der Waals surface area contributed by atoms with Gasteiger partial charge in [-0.2, -0.15) is 4.57 Å². The van der Waals surface area contributed by atoms with Gasteiger partial charge >= 0.3 is 13.8 Å². The molecule has 140 valence electrons. The summed E-state index contributed by atoms with van der Waals surface area (Å²) in [5, 5.41) is 10.0. The van der Waals surface area contributed by atoms with Crippen LogP contribution >= 0.6 is 0 Å². The third-order valence-electron chi connectivity index (χ3n) is 4.28. The van der Waals surface area contributed by atoms with Gasteiger partial charge in [0, 0.05) is 49.5 Å². The van der Waals surface area contributed by atoms with Gasteiger partial charge in [-0.05, 0) is 33.9 Å². The van der Waals surface area contributed by atoms with Gasteiger partial charge in [-0.1, -0.05) is 0 Å². The first-order chi connectivity index (χ1) is 12.3. The highest BCUT2D eigenvalue weighted by molar-refractivity contribution is 6.17. The molecular weight excluding hydrogens is 335 g/mol. The molecule has 0 aliphatic carbocycles. The van der Waals surface area contributed by atoms with Crippen molar-refractivity contribution in [2.75, 3.05) is 38.1 Å². The van der Waals surface area contributed by atoms with E-state index in [-0.39, 0.29) is 5.88 Å². The summed E-state index contributed by atoms with van der Waals surface area (Å²) >= 11 is 0. The Balaban J connectivity index is 2.05. The van der Waals surface area contributed by atoms with Gasteiger partial charge < -0.3 is 24.2 Å². The number of ether oxygens (including phenoxy) is 1. The first-order valence-electron chi connectivity index (χ1n) is 8.71. The molecule has 0 saturated carbocycles. The van der Waals surface area contributed by atoms with Gasteiger partial charge in [-0.15, -0.1) is 0 Å². The fourth-order valence-corrected chi connectivity index (χ4v) is 3.04. The molecule has 0 atom stereocenters. The molecule has 0 amide bonds. The Morgan fingerprint density at radius 2 is 1.96 bits per heavy atom. The highest BCUT2D eigenvalue weighted by Gasteiger charge is 2.26. The zero-order chi connectivity index (χ0) is 18.9. The molecule has 1 aliphatic heterocycles. The molecule has 8 nitrogen and oxygen atoms in total. The van der Waals surface area contributed by atoms with E-state index in [2.05, 4.69) is 21.8 Å². The number of fused-ring (bicyclic) bond motifs is 1. The Morgan fingerprint density at radius 3 is 2.58 bits per heavy atom. The van der Waals surface area contributed by atoms with E-state index in [1.54, 1.807) is 33.0 Å². The zero-order valence-electron chi connectivity index (χ0n) is 15.7. The maximum Gasteiger partial charge on any atom is 0.505 e. The Bertz CT molecular complexity index is 794. The number of nitrogens with zero attached hydrogens (tertiary/aromatic N) is 4. The van der Waals surface area contributed by atoms with Gasteiger partial charge in [-0.3, -0.25) is 0 Å². The van der Waals surface area contributed by atoms with E-state index in [0.717, 1.165) is 37.3 Å². The van der Waals surface area contributed by atoms with Crippen molar-refractivity contribution in [3.8, 4) is 5.88 Å². The lowest BCUT2D eigenvalue weighted by Gasteiger charge is -2.34. The van der Waals surface area contributed by atoms with Crippen LogP contribution in [0.2, 0.25) is 0 Å². The van der Waals surface area contributed by atoms with E-state index in [9.17, 15) is 9.82 Å². The lowest BCUT2D eigenvalue weighted by atomic mass is 10.2. The molecule has 2 aromatic rings. The van der Waals surface area contributed by atoms with E-state index < -0.39 is 19.4 Å². The van der Waals surface area contributed by atoms with Crippen LogP contribution in [0.5, 0.6) is 5.88 Å². The summed E-state index contributed by atoms with van der Waals surface area (Å²) < 4.78 is 12.0. The van der Waals surface area contributed by atoms with E-state index in [1.807, 2.05) is 6.07 Å². The number of rotatable bonds is 3. The number of carbonyl (C=O) groups is 1. The first-order valence-corrected chi connectivity index (χ1v) is 8.71. The molecule has 2 aromatic heterocycles. The molecule has 0 aromatic carbocycles. The Hall–Kier alpha value is -2.26. The monoisotopic (exact) mass is 360 g/mol. The summed E-state index contributed by atoms with van der Waals surface area (Å²) in [5.74, 6) is 0.214. The van der Waals surface area contributed by atoms with Crippen molar-refractivity contribution in [1.82, 2.24) is 14.5 Å². The minimum Gasteiger partial charge on any atom is -0.526 e. The van der Waals surface area contributed by atoms with E-state index >= 15 is 0 Å². The van der Waals surface area contributed by atoms with Crippen molar-refractivity contribution in [2.45, 2.75) is 26.4 Å². The molecule has 9 heteroatoms. The normalized spacial score (nSPS) is 16.0. The summed E-state index contributed by atoms with van der Waals surface area (Å²) in [5.41, 5.74) is 0.798. The average molecular weight is 360 g/mol. The highest BCUT2D eigenvalue weighted by Crippen LogP contribution is 2.33. The third-order valence-corrected chi connectivity index (χ3v) is 4.28. The quantitative estimate of drug-likeness (QED) is 0.824. The smallest absolute Gasteiger partial charge is 0.505 e. The van der Waals surface area contributed by atoms with Crippen LogP contribution in [-0.2, 0) is 4.74 Å². The van der Waals surface area contributed by atoms with Gasteiger partial charge in [0.15, 0.2) is 11.5 Å². The van der Waals surface area contributed by atoms with Gasteiger partial charge in [0.25, 0.3) is 0 Å². The number of piperazine rings is 1. The lowest BCUT2D eigenvalue weighted by Crippen LogP contribution is -2.44. The summed E-state index contributed by atoms with van der Waals surface area (Å²) in [6.07, 6.45) is 1.10. The summed E-state index contributed by atoms with van der Waals surface area (Å²) in [6.45, 7) is 9.12. The molecule has 0 unspecified atom stereocenters. The van der Waals surface area contributed by atoms with Gasteiger partial charge in [-0.25, -0.2) is 9.78 Å². The molecule has 1 aliphatic rings. The molecule has 1 fully saturated rings. The number of aromatic nitrogens is 2. The fourth-order valence-electron chi connectivity index (χ4n) is 3.04. The molecule has 26 heavy (non-hydrogen) atoms.